The van der Waals surface area contributed by atoms with Crippen molar-refractivity contribution in [3.8, 4) is 5.75 Å². The molecule has 0 spiro atoms. The molecule has 2 saturated heterocycles. The van der Waals surface area contributed by atoms with Crippen LogP contribution in [0.1, 0.15) is 35.6 Å². The van der Waals surface area contributed by atoms with E-state index in [1.165, 1.54) is 28.8 Å². The van der Waals surface area contributed by atoms with Crippen LogP contribution in [-0.2, 0) is 20.9 Å². The lowest BCUT2D eigenvalue weighted by Crippen LogP contribution is -2.39. The highest BCUT2D eigenvalue weighted by atomic mass is 32.2. The van der Waals surface area contributed by atoms with Gasteiger partial charge in [0.2, 0.25) is 17.7 Å². The summed E-state index contributed by atoms with van der Waals surface area (Å²) >= 11 is 2.15. The molecule has 0 aliphatic carbocycles. The summed E-state index contributed by atoms with van der Waals surface area (Å²) in [6, 6.07) is 12.5. The smallest absolute Gasteiger partial charge is 0.308 e. The molecule has 2 fully saturated rings. The number of aromatic nitrogens is 1. The second kappa shape index (κ2) is 10.8. The zero-order valence-electron chi connectivity index (χ0n) is 22.1. The number of nitro benzene ring substituents is 1. The third-order valence-corrected chi connectivity index (χ3v) is 10.4. The average molecular weight is 595 g/mol. The average Bonchev–Trinajstić information content (AvgIpc) is 3.43. The number of fused-ring (bicyclic) bond motifs is 2. The van der Waals surface area contributed by atoms with Crippen LogP contribution in [0, 0.1) is 16.0 Å². The molecule has 6 rings (SSSR count). The monoisotopic (exact) mass is 594 g/mol. The van der Waals surface area contributed by atoms with Crippen LogP contribution < -0.4 is 14.5 Å². The van der Waals surface area contributed by atoms with Crippen molar-refractivity contribution in [2.24, 2.45) is 5.92 Å². The highest BCUT2D eigenvalue weighted by Crippen LogP contribution is 2.54. The van der Waals surface area contributed by atoms with Crippen molar-refractivity contribution in [1.29, 1.82) is 0 Å². The molecule has 2 aromatic carbocycles. The number of ether oxygens (including phenoxy) is 1. The third-order valence-electron chi connectivity index (χ3n) is 7.85. The minimum Gasteiger partial charge on any atom is -0.497 e. The van der Waals surface area contributed by atoms with E-state index in [4.69, 9.17) is 4.74 Å². The van der Waals surface area contributed by atoms with Gasteiger partial charge in [-0.1, -0.05) is 35.2 Å². The van der Waals surface area contributed by atoms with Gasteiger partial charge in [0, 0.05) is 36.0 Å². The van der Waals surface area contributed by atoms with Crippen molar-refractivity contribution in [2.75, 3.05) is 25.1 Å². The van der Waals surface area contributed by atoms with E-state index < -0.39 is 33.8 Å². The number of methoxy groups -OCH3 is 1. The van der Waals surface area contributed by atoms with E-state index in [-0.39, 0.29) is 28.7 Å². The van der Waals surface area contributed by atoms with Crippen LogP contribution in [0.25, 0.3) is 0 Å². The van der Waals surface area contributed by atoms with E-state index >= 15 is 0 Å². The molecule has 1 aromatic heterocycles. The molecule has 3 aromatic rings. The van der Waals surface area contributed by atoms with Gasteiger partial charge in [-0.05, 0) is 49.1 Å². The molecular formula is C28H26N4O7S2. The number of thiazole rings is 1. The predicted octanol–water partition coefficient (Wildman–Crippen LogP) is 3.63. The normalized spacial score (nSPS) is 21.9. The number of nitrogens with zero attached hydrogens (tertiary/aromatic N) is 4. The molecular weight excluding hydrogens is 568 g/mol. The van der Waals surface area contributed by atoms with Crippen LogP contribution in [0.4, 0.5) is 11.4 Å². The Bertz CT molecular complexity index is 1590. The van der Waals surface area contributed by atoms with Gasteiger partial charge in [0.25, 0.3) is 5.69 Å². The molecule has 3 aliphatic heterocycles. The van der Waals surface area contributed by atoms with Crippen LogP contribution in [0.15, 0.2) is 58.4 Å². The number of piperidine rings is 1. The Balaban J connectivity index is 1.42. The quantitative estimate of drug-likeness (QED) is 0.240. The molecule has 13 heteroatoms. The van der Waals surface area contributed by atoms with E-state index in [0.717, 1.165) is 52.8 Å². The van der Waals surface area contributed by atoms with Gasteiger partial charge in [-0.2, -0.15) is 0 Å². The summed E-state index contributed by atoms with van der Waals surface area (Å²) in [6.45, 7) is 1.19. The van der Waals surface area contributed by atoms with Gasteiger partial charge in [-0.15, -0.1) is 0 Å². The fourth-order valence-corrected chi connectivity index (χ4v) is 8.56. The maximum atomic E-state index is 14.0. The van der Waals surface area contributed by atoms with E-state index in [2.05, 4.69) is 0 Å². The number of nitro groups is 1. The second-order valence-electron chi connectivity index (χ2n) is 10.2. The largest absolute Gasteiger partial charge is 0.497 e. The maximum absolute atomic E-state index is 14.0. The van der Waals surface area contributed by atoms with Gasteiger partial charge in [0.1, 0.15) is 17.5 Å². The lowest BCUT2D eigenvalue weighted by molar-refractivity contribution is -0.384. The topological polar surface area (TPSA) is 132 Å². The molecule has 3 amide bonds. The summed E-state index contributed by atoms with van der Waals surface area (Å²) in [5, 5.41) is 10.8. The Kier molecular flexibility index (Phi) is 7.16. The fourth-order valence-electron chi connectivity index (χ4n) is 5.78. The number of carbonyl (C=O) groups excluding carboxylic acids is 3. The molecule has 2 unspecified atom stereocenters. The van der Waals surface area contributed by atoms with Crippen molar-refractivity contribution >= 4 is 52.2 Å². The van der Waals surface area contributed by atoms with E-state index in [0.29, 0.717) is 28.7 Å². The summed E-state index contributed by atoms with van der Waals surface area (Å²) < 4.78 is 6.75. The highest BCUT2D eigenvalue weighted by Gasteiger charge is 2.57. The van der Waals surface area contributed by atoms with Gasteiger partial charge < -0.3 is 9.64 Å². The van der Waals surface area contributed by atoms with Crippen molar-refractivity contribution < 1.29 is 24.0 Å². The van der Waals surface area contributed by atoms with Crippen LogP contribution in [0.5, 0.6) is 5.75 Å². The van der Waals surface area contributed by atoms with Crippen LogP contribution in [0.3, 0.4) is 0 Å². The van der Waals surface area contributed by atoms with Crippen LogP contribution >= 0.6 is 23.1 Å². The Hall–Kier alpha value is -3.97. The van der Waals surface area contributed by atoms with E-state index in [9.17, 15) is 29.3 Å². The minimum atomic E-state index is -0.845. The number of likely N-dealkylation sites (tertiary alicyclic amines) is 1. The molecule has 3 aliphatic rings. The van der Waals surface area contributed by atoms with Crippen molar-refractivity contribution in [3.05, 3.63) is 78.8 Å². The number of carbonyl (C=O) groups is 3. The first-order valence-corrected chi connectivity index (χ1v) is 14.9. The van der Waals surface area contributed by atoms with Gasteiger partial charge in [-0.25, -0.2) is 4.90 Å². The molecule has 0 saturated carbocycles. The number of non-ortho nitro benzene ring substituents is 1. The fraction of sp³-hybridized carbons (Fsp3) is 0.357. The van der Waals surface area contributed by atoms with Crippen LogP contribution in [0.2, 0.25) is 0 Å². The molecule has 0 radical (unpaired) electrons. The van der Waals surface area contributed by atoms with Crippen molar-refractivity contribution in [1.82, 2.24) is 9.47 Å². The number of imide groups is 1. The zero-order chi connectivity index (χ0) is 28.8. The number of thioether (sulfide) groups is 1. The lowest BCUT2D eigenvalue weighted by Gasteiger charge is -2.31. The van der Waals surface area contributed by atoms with Gasteiger partial charge in [-0.3, -0.25) is 33.9 Å². The molecule has 0 bridgehead atoms. The number of benzene rings is 2. The summed E-state index contributed by atoms with van der Waals surface area (Å²) in [7, 11) is 1.55. The first-order chi connectivity index (χ1) is 19.8. The first-order valence-electron chi connectivity index (χ1n) is 13.2. The number of rotatable bonds is 6. The first kappa shape index (κ1) is 27.2. The molecule has 4 heterocycles. The molecule has 41 heavy (non-hydrogen) atoms. The van der Waals surface area contributed by atoms with Crippen LogP contribution in [-0.4, -0.2) is 57.6 Å². The SMILES string of the molecule is COc1ccc([C@@H]2c3sc(=O)n(CC(=O)N4CCCCC4)c3SC3C(=O)N(c4ccc([N+](=O)[O-])cc4)C(=O)C32)cc1. The lowest BCUT2D eigenvalue weighted by atomic mass is 9.83. The summed E-state index contributed by atoms with van der Waals surface area (Å²) in [5.41, 5.74) is 0.834. The Morgan fingerprint density at radius 2 is 1.68 bits per heavy atom. The van der Waals surface area contributed by atoms with E-state index in [1.807, 2.05) is 12.1 Å². The number of hydrogen-bond acceptors (Lipinski definition) is 9. The Morgan fingerprint density at radius 3 is 2.32 bits per heavy atom. The van der Waals surface area contributed by atoms with Gasteiger partial charge in [0.15, 0.2) is 0 Å². The summed E-state index contributed by atoms with van der Waals surface area (Å²) in [6.07, 6.45) is 2.92. The van der Waals surface area contributed by atoms with Gasteiger partial charge >= 0.3 is 4.87 Å². The summed E-state index contributed by atoms with van der Waals surface area (Å²) in [4.78, 5) is 68.0. The number of hydrogen-bond donors (Lipinski definition) is 0. The third kappa shape index (κ3) is 4.72. The predicted molar refractivity (Wildman–Crippen MR) is 153 cm³/mol. The molecule has 0 N–H and O–H groups in total. The van der Waals surface area contributed by atoms with Crippen molar-refractivity contribution in [3.63, 3.8) is 0 Å². The summed E-state index contributed by atoms with van der Waals surface area (Å²) in [5.74, 6) is -1.84. The number of anilines is 1. The molecule has 212 valence electrons. The zero-order valence-corrected chi connectivity index (χ0v) is 23.7. The minimum absolute atomic E-state index is 0.126. The van der Waals surface area contributed by atoms with E-state index in [1.54, 1.807) is 24.1 Å². The Morgan fingerprint density at radius 1 is 1.00 bits per heavy atom. The maximum Gasteiger partial charge on any atom is 0.308 e. The Labute approximate surface area is 242 Å². The van der Waals surface area contributed by atoms with Crippen molar-refractivity contribution in [2.45, 2.75) is 42.0 Å². The number of amides is 3. The van der Waals surface area contributed by atoms with Gasteiger partial charge in [0.05, 0.1) is 28.7 Å². The molecule has 11 nitrogen and oxygen atoms in total. The highest BCUT2D eigenvalue weighted by molar-refractivity contribution is 8.00. The standard InChI is InChI=1S/C28H26N4O7S2/c1-39-19-11-5-16(6-12-19)21-22-23(26(35)31(25(22)34)17-7-9-18(10-8-17)32(37)38)40-27-24(21)41-28(36)30(27)15-20(33)29-13-3-2-4-14-29/h5-12,21-23H,2-4,13-15H2,1H3/t21-,22?,23?/m0/s1. The molecule has 3 atom stereocenters. The second-order valence-corrected chi connectivity index (χ2v) is 12.3.